The van der Waals surface area contributed by atoms with E-state index < -0.39 is 4.92 Å². The van der Waals surface area contributed by atoms with Crippen LogP contribution < -0.4 is 5.43 Å². The molecule has 0 bridgehead atoms. The van der Waals surface area contributed by atoms with Crippen LogP contribution in [-0.4, -0.2) is 20.6 Å². The van der Waals surface area contributed by atoms with Gasteiger partial charge in [-0.15, -0.1) is 0 Å². The number of hydrazone groups is 1. The first-order valence-electron chi connectivity index (χ1n) is 9.40. The highest BCUT2D eigenvalue weighted by Gasteiger charge is 2.10. The first kappa shape index (κ1) is 19.2. The van der Waals surface area contributed by atoms with Crippen LogP contribution >= 0.6 is 0 Å². The molecule has 0 fully saturated rings. The van der Waals surface area contributed by atoms with Crippen LogP contribution in [0.25, 0.3) is 22.2 Å². The minimum Gasteiger partial charge on any atom is -0.258 e. The maximum atomic E-state index is 10.8. The van der Waals surface area contributed by atoms with Crippen molar-refractivity contribution in [2.45, 2.75) is 13.8 Å². The van der Waals surface area contributed by atoms with Gasteiger partial charge in [-0.2, -0.15) is 5.10 Å². The number of nitrogens with zero attached hydrogens (tertiary/aromatic N) is 4. The van der Waals surface area contributed by atoms with Gasteiger partial charge in [0.05, 0.1) is 21.8 Å². The van der Waals surface area contributed by atoms with Crippen LogP contribution in [0.4, 0.5) is 11.6 Å². The Bertz CT molecular complexity index is 1250. The zero-order valence-electron chi connectivity index (χ0n) is 16.5. The van der Waals surface area contributed by atoms with Crippen molar-refractivity contribution in [2.75, 3.05) is 5.43 Å². The van der Waals surface area contributed by atoms with Crippen LogP contribution in [0.5, 0.6) is 0 Å². The van der Waals surface area contributed by atoms with Crippen LogP contribution in [-0.2, 0) is 0 Å². The summed E-state index contributed by atoms with van der Waals surface area (Å²) in [6.45, 7) is 3.86. The van der Waals surface area contributed by atoms with Gasteiger partial charge in [0.25, 0.3) is 5.69 Å². The summed E-state index contributed by atoms with van der Waals surface area (Å²) in [6.07, 6.45) is 0. The van der Waals surface area contributed by atoms with Gasteiger partial charge in [0.15, 0.2) is 0 Å². The molecule has 0 saturated heterocycles. The van der Waals surface area contributed by atoms with E-state index in [4.69, 9.17) is 0 Å². The number of fused-ring (bicyclic) bond motifs is 1. The lowest BCUT2D eigenvalue weighted by Gasteiger charge is -2.09. The predicted molar refractivity (Wildman–Crippen MR) is 119 cm³/mol. The molecule has 0 saturated carbocycles. The van der Waals surface area contributed by atoms with Crippen molar-refractivity contribution in [1.82, 2.24) is 9.97 Å². The van der Waals surface area contributed by atoms with Gasteiger partial charge >= 0.3 is 0 Å². The van der Waals surface area contributed by atoms with E-state index >= 15 is 0 Å². The maximum Gasteiger partial charge on any atom is 0.269 e. The number of non-ortho nitro benzene ring substituents is 1. The summed E-state index contributed by atoms with van der Waals surface area (Å²) in [5.41, 5.74) is 8.22. The lowest BCUT2D eigenvalue weighted by atomic mass is 10.1. The van der Waals surface area contributed by atoms with E-state index in [0.717, 1.165) is 27.7 Å². The van der Waals surface area contributed by atoms with Crippen molar-refractivity contribution in [3.8, 4) is 11.3 Å². The summed E-state index contributed by atoms with van der Waals surface area (Å²) in [6, 6.07) is 22.3. The van der Waals surface area contributed by atoms with Gasteiger partial charge in [-0.1, -0.05) is 48.0 Å². The molecule has 0 spiro atoms. The molecule has 0 amide bonds. The molecule has 7 heteroatoms. The Morgan fingerprint density at radius 1 is 0.967 bits per heavy atom. The Morgan fingerprint density at radius 3 is 2.37 bits per heavy atom. The summed E-state index contributed by atoms with van der Waals surface area (Å²) in [7, 11) is 0. The molecular weight excluding hydrogens is 378 g/mol. The highest BCUT2D eigenvalue weighted by Crippen LogP contribution is 2.27. The smallest absolute Gasteiger partial charge is 0.258 e. The Morgan fingerprint density at radius 2 is 1.67 bits per heavy atom. The van der Waals surface area contributed by atoms with E-state index in [9.17, 15) is 10.1 Å². The Kier molecular flexibility index (Phi) is 5.17. The molecule has 7 nitrogen and oxygen atoms in total. The summed E-state index contributed by atoms with van der Waals surface area (Å²) in [5.74, 6) is 0.380. The summed E-state index contributed by atoms with van der Waals surface area (Å²) in [4.78, 5) is 19.6. The van der Waals surface area contributed by atoms with Gasteiger partial charge in [-0.25, -0.2) is 15.4 Å². The van der Waals surface area contributed by atoms with E-state index in [1.165, 1.54) is 17.7 Å². The second kappa shape index (κ2) is 8.08. The molecule has 1 aromatic heterocycles. The summed E-state index contributed by atoms with van der Waals surface area (Å²) in [5, 5.41) is 16.1. The minimum atomic E-state index is -0.427. The third kappa shape index (κ3) is 4.00. The van der Waals surface area contributed by atoms with Crippen molar-refractivity contribution < 1.29 is 4.92 Å². The predicted octanol–water partition coefficient (Wildman–Crippen LogP) is 5.35. The van der Waals surface area contributed by atoms with Crippen LogP contribution in [0.1, 0.15) is 18.1 Å². The second-order valence-electron chi connectivity index (χ2n) is 6.89. The topological polar surface area (TPSA) is 93.3 Å². The first-order chi connectivity index (χ1) is 14.5. The Hall–Kier alpha value is -4.13. The van der Waals surface area contributed by atoms with Crippen LogP contribution in [0, 0.1) is 17.0 Å². The highest BCUT2D eigenvalue weighted by atomic mass is 16.6. The van der Waals surface area contributed by atoms with Gasteiger partial charge < -0.3 is 0 Å². The molecule has 0 atom stereocenters. The molecular formula is C23H19N5O2. The number of hydrogen-bond donors (Lipinski definition) is 1. The van der Waals surface area contributed by atoms with E-state index in [1.807, 2.05) is 50.2 Å². The van der Waals surface area contributed by atoms with Crippen molar-refractivity contribution in [1.29, 1.82) is 0 Å². The zero-order valence-corrected chi connectivity index (χ0v) is 16.5. The van der Waals surface area contributed by atoms with Gasteiger partial charge in [-0.3, -0.25) is 10.1 Å². The summed E-state index contributed by atoms with van der Waals surface area (Å²) < 4.78 is 0. The minimum absolute atomic E-state index is 0.0418. The summed E-state index contributed by atoms with van der Waals surface area (Å²) >= 11 is 0. The van der Waals surface area contributed by atoms with Crippen molar-refractivity contribution >= 4 is 28.3 Å². The van der Waals surface area contributed by atoms with Crippen LogP contribution in [0.2, 0.25) is 0 Å². The standard InChI is InChI=1S/C23H19N5O2/c1-15-7-9-18(10-8-15)22-20-5-3-4-6-21(20)24-23(25-22)27-26-16(2)17-11-13-19(14-12-17)28(29)30/h3-14H,1-2H3,(H,24,25,27)/b26-16+. The highest BCUT2D eigenvalue weighted by molar-refractivity contribution is 5.99. The number of aromatic nitrogens is 2. The van der Waals surface area contributed by atoms with Gasteiger partial charge in [0, 0.05) is 23.1 Å². The van der Waals surface area contributed by atoms with Crippen molar-refractivity contribution in [3.05, 3.63) is 94.0 Å². The van der Waals surface area contributed by atoms with Gasteiger partial charge in [0.1, 0.15) is 0 Å². The molecule has 30 heavy (non-hydrogen) atoms. The largest absolute Gasteiger partial charge is 0.269 e. The second-order valence-corrected chi connectivity index (χ2v) is 6.89. The molecule has 0 unspecified atom stereocenters. The Balaban J connectivity index is 1.68. The molecule has 148 valence electrons. The molecule has 1 heterocycles. The lowest BCUT2D eigenvalue weighted by molar-refractivity contribution is -0.384. The van der Waals surface area contributed by atoms with Gasteiger partial charge in [-0.05, 0) is 37.6 Å². The maximum absolute atomic E-state index is 10.8. The third-order valence-corrected chi connectivity index (χ3v) is 4.75. The number of nitrogens with one attached hydrogen (secondary N) is 1. The SMILES string of the molecule is C/C(=N\Nc1nc(-c2ccc(C)cc2)c2ccccc2n1)c1ccc([N+](=O)[O-])cc1. The molecule has 3 aromatic carbocycles. The number of aryl methyl sites for hydroxylation is 1. The average Bonchev–Trinajstić information content (AvgIpc) is 2.77. The fourth-order valence-corrected chi connectivity index (χ4v) is 3.08. The first-order valence-corrected chi connectivity index (χ1v) is 9.40. The molecule has 4 rings (SSSR count). The molecule has 0 aliphatic carbocycles. The molecule has 0 aliphatic rings. The molecule has 1 N–H and O–H groups in total. The molecule has 0 aliphatic heterocycles. The average molecular weight is 397 g/mol. The number of rotatable bonds is 5. The fourth-order valence-electron chi connectivity index (χ4n) is 3.08. The Labute approximate surface area is 173 Å². The molecule has 4 aromatic rings. The number of para-hydroxylation sites is 1. The van der Waals surface area contributed by atoms with Gasteiger partial charge in [0.2, 0.25) is 5.95 Å². The normalized spacial score (nSPS) is 11.5. The van der Waals surface area contributed by atoms with E-state index in [-0.39, 0.29) is 5.69 Å². The lowest BCUT2D eigenvalue weighted by Crippen LogP contribution is -2.03. The van der Waals surface area contributed by atoms with E-state index in [2.05, 4.69) is 32.6 Å². The zero-order chi connectivity index (χ0) is 21.1. The van der Waals surface area contributed by atoms with Crippen molar-refractivity contribution in [3.63, 3.8) is 0 Å². The fraction of sp³-hybridized carbons (Fsp3) is 0.0870. The number of nitro benzene ring substituents is 1. The third-order valence-electron chi connectivity index (χ3n) is 4.75. The van der Waals surface area contributed by atoms with E-state index in [0.29, 0.717) is 11.7 Å². The number of anilines is 1. The van der Waals surface area contributed by atoms with E-state index in [1.54, 1.807) is 12.1 Å². The number of nitro groups is 1. The van der Waals surface area contributed by atoms with Crippen LogP contribution in [0.3, 0.4) is 0 Å². The quantitative estimate of drug-likeness (QED) is 0.278. The molecule has 0 radical (unpaired) electrons. The number of hydrogen-bond acceptors (Lipinski definition) is 6. The van der Waals surface area contributed by atoms with Crippen molar-refractivity contribution in [2.24, 2.45) is 5.10 Å². The number of benzene rings is 3. The monoisotopic (exact) mass is 397 g/mol. The van der Waals surface area contributed by atoms with Crippen LogP contribution in [0.15, 0.2) is 77.9 Å².